The molecule has 4 aromatic rings. The van der Waals surface area contributed by atoms with Gasteiger partial charge in [-0.2, -0.15) is 5.10 Å². The molecule has 7 nitrogen and oxygen atoms in total. The molecule has 158 valence electrons. The van der Waals surface area contributed by atoms with Crippen LogP contribution in [0.4, 0.5) is 0 Å². The fourth-order valence-electron chi connectivity index (χ4n) is 2.67. The lowest BCUT2D eigenvalue weighted by Crippen LogP contribution is -2.16. The molecule has 1 amide bonds. The average molecular weight is 518 g/mol. The number of halogens is 1. The highest BCUT2D eigenvalue weighted by Crippen LogP contribution is 2.35. The van der Waals surface area contributed by atoms with E-state index in [-0.39, 0.29) is 11.5 Å². The number of aromatic hydroxyl groups is 1. The van der Waals surface area contributed by atoms with E-state index in [1.807, 2.05) is 24.3 Å². The standard InChI is InChI=1S/C21H16BrN3O4S2/c1-28-17-9-12(8-14(22)19(17)26)10-23-25-20(27)16-7-6-13(29-16)11-30-21-24-15-4-2-3-5-18(15)31-21/h2-10,26H,11H2,1H3,(H,25,27). The van der Waals surface area contributed by atoms with Crippen molar-refractivity contribution in [1.29, 1.82) is 0 Å². The Kier molecular flexibility index (Phi) is 6.59. The molecule has 10 heteroatoms. The first kappa shape index (κ1) is 21.4. The smallest absolute Gasteiger partial charge is 0.307 e. The molecule has 0 saturated carbocycles. The number of nitrogens with one attached hydrogen (secondary N) is 1. The van der Waals surface area contributed by atoms with Crippen LogP contribution in [0.2, 0.25) is 0 Å². The van der Waals surface area contributed by atoms with E-state index < -0.39 is 5.91 Å². The SMILES string of the molecule is COc1cc(C=NNC(=O)c2ccc(CSc3nc4ccccc4s3)o2)cc(Br)c1O. The minimum atomic E-state index is -0.461. The van der Waals surface area contributed by atoms with Crippen molar-refractivity contribution in [2.75, 3.05) is 7.11 Å². The molecule has 0 aliphatic carbocycles. The van der Waals surface area contributed by atoms with Gasteiger partial charge in [0.25, 0.3) is 0 Å². The number of fused-ring (bicyclic) bond motifs is 1. The molecule has 4 rings (SSSR count). The number of furan rings is 1. The molecule has 0 unspecified atom stereocenters. The van der Waals surface area contributed by atoms with Crippen LogP contribution in [-0.2, 0) is 5.75 Å². The van der Waals surface area contributed by atoms with Gasteiger partial charge < -0.3 is 14.3 Å². The maximum atomic E-state index is 12.3. The van der Waals surface area contributed by atoms with Gasteiger partial charge in [-0.25, -0.2) is 10.4 Å². The number of rotatable bonds is 7. The number of thioether (sulfide) groups is 1. The van der Waals surface area contributed by atoms with Gasteiger partial charge in [0.1, 0.15) is 5.76 Å². The molecule has 0 saturated heterocycles. The highest BCUT2D eigenvalue weighted by atomic mass is 79.9. The van der Waals surface area contributed by atoms with Crippen molar-refractivity contribution in [2.24, 2.45) is 5.10 Å². The Morgan fingerprint density at radius 3 is 3.00 bits per heavy atom. The lowest BCUT2D eigenvalue weighted by Gasteiger charge is -2.06. The number of aromatic nitrogens is 1. The molecule has 0 aliphatic rings. The van der Waals surface area contributed by atoms with Crippen molar-refractivity contribution in [3.63, 3.8) is 0 Å². The van der Waals surface area contributed by atoms with Gasteiger partial charge in [0.15, 0.2) is 21.6 Å². The number of hydrogen-bond acceptors (Lipinski definition) is 8. The zero-order valence-corrected chi connectivity index (χ0v) is 19.4. The zero-order chi connectivity index (χ0) is 21.8. The maximum Gasteiger partial charge on any atom is 0.307 e. The topological polar surface area (TPSA) is 97.0 Å². The first-order chi connectivity index (χ1) is 15.0. The number of phenolic OH excluding ortho intramolecular Hbond substituents is 1. The van der Waals surface area contributed by atoms with Gasteiger partial charge in [-0.1, -0.05) is 23.9 Å². The van der Waals surface area contributed by atoms with Crippen LogP contribution in [0.25, 0.3) is 10.2 Å². The van der Waals surface area contributed by atoms with Crippen LogP contribution in [0, 0.1) is 0 Å². The fraction of sp³-hybridized carbons (Fsp3) is 0.0952. The number of phenols is 1. The van der Waals surface area contributed by atoms with Gasteiger partial charge in [0.05, 0.1) is 33.8 Å². The van der Waals surface area contributed by atoms with Crippen LogP contribution in [0.1, 0.15) is 21.9 Å². The van der Waals surface area contributed by atoms with E-state index in [2.05, 4.69) is 31.4 Å². The van der Waals surface area contributed by atoms with Crippen molar-refractivity contribution < 1.29 is 19.1 Å². The molecule has 0 aliphatic heterocycles. The van der Waals surface area contributed by atoms with Crippen molar-refractivity contribution >= 4 is 61.4 Å². The third-order valence-electron chi connectivity index (χ3n) is 4.15. The third kappa shape index (κ3) is 5.09. The van der Waals surface area contributed by atoms with Crippen molar-refractivity contribution in [3.05, 3.63) is 70.1 Å². The van der Waals surface area contributed by atoms with Crippen LogP contribution >= 0.6 is 39.0 Å². The van der Waals surface area contributed by atoms with Crippen LogP contribution in [0.15, 0.2) is 66.9 Å². The van der Waals surface area contributed by atoms with Gasteiger partial charge in [-0.3, -0.25) is 4.79 Å². The third-order valence-corrected chi connectivity index (χ3v) is 6.95. The average Bonchev–Trinajstić information content (AvgIpc) is 3.41. The molecule has 2 aromatic heterocycles. The quantitative estimate of drug-likeness (QED) is 0.193. The van der Waals surface area contributed by atoms with Gasteiger partial charge >= 0.3 is 5.91 Å². The number of nitrogens with zero attached hydrogens (tertiary/aromatic N) is 2. The van der Waals surface area contributed by atoms with Crippen LogP contribution in [-0.4, -0.2) is 29.3 Å². The second-order valence-corrected chi connectivity index (χ2v) is 9.36. The number of para-hydroxylation sites is 1. The van der Waals surface area contributed by atoms with E-state index in [1.54, 1.807) is 47.4 Å². The Balaban J connectivity index is 1.34. The number of benzene rings is 2. The molecule has 0 radical (unpaired) electrons. The molecule has 0 fully saturated rings. The molecule has 0 spiro atoms. The number of thiazole rings is 1. The molecular weight excluding hydrogens is 502 g/mol. The second-order valence-electron chi connectivity index (χ2n) is 6.25. The van der Waals surface area contributed by atoms with Crippen LogP contribution in [0.3, 0.4) is 0 Å². The summed E-state index contributed by atoms with van der Waals surface area (Å²) < 4.78 is 13.3. The van der Waals surface area contributed by atoms with E-state index in [0.29, 0.717) is 27.3 Å². The highest BCUT2D eigenvalue weighted by molar-refractivity contribution is 9.10. The second kappa shape index (κ2) is 9.54. The summed E-state index contributed by atoms with van der Waals surface area (Å²) in [6.07, 6.45) is 1.44. The predicted molar refractivity (Wildman–Crippen MR) is 125 cm³/mol. The van der Waals surface area contributed by atoms with E-state index >= 15 is 0 Å². The lowest BCUT2D eigenvalue weighted by molar-refractivity contribution is 0.0926. The maximum absolute atomic E-state index is 12.3. The number of amides is 1. The number of carbonyl (C=O) groups excluding carboxylic acids is 1. The first-order valence-electron chi connectivity index (χ1n) is 9.00. The van der Waals surface area contributed by atoms with Gasteiger partial charge in [0, 0.05) is 0 Å². The Morgan fingerprint density at radius 2 is 2.19 bits per heavy atom. The predicted octanol–water partition coefficient (Wildman–Crippen LogP) is 5.42. The normalized spacial score (nSPS) is 11.3. The molecule has 0 bridgehead atoms. The molecule has 0 atom stereocenters. The summed E-state index contributed by atoms with van der Waals surface area (Å²) in [5.74, 6) is 1.24. The number of carbonyl (C=O) groups is 1. The zero-order valence-electron chi connectivity index (χ0n) is 16.2. The highest BCUT2D eigenvalue weighted by Gasteiger charge is 2.12. The minimum absolute atomic E-state index is 0.00415. The molecular formula is C21H16BrN3O4S2. The Bertz CT molecular complexity index is 1240. The largest absolute Gasteiger partial charge is 0.503 e. The van der Waals surface area contributed by atoms with Gasteiger partial charge in [0.2, 0.25) is 0 Å². The summed E-state index contributed by atoms with van der Waals surface area (Å²) in [5, 5.41) is 13.8. The van der Waals surface area contributed by atoms with Gasteiger partial charge in [-0.15, -0.1) is 11.3 Å². The number of hydrazone groups is 1. The van der Waals surface area contributed by atoms with E-state index in [4.69, 9.17) is 9.15 Å². The summed E-state index contributed by atoms with van der Waals surface area (Å²) >= 11 is 6.43. The molecule has 2 N–H and O–H groups in total. The minimum Gasteiger partial charge on any atom is -0.503 e. The number of ether oxygens (including phenoxy) is 1. The first-order valence-corrected chi connectivity index (χ1v) is 11.6. The molecule has 31 heavy (non-hydrogen) atoms. The van der Waals surface area contributed by atoms with E-state index in [1.165, 1.54) is 13.3 Å². The summed E-state index contributed by atoms with van der Waals surface area (Å²) in [6.45, 7) is 0. The van der Waals surface area contributed by atoms with Gasteiger partial charge in [-0.05, 0) is 57.9 Å². The van der Waals surface area contributed by atoms with Crippen molar-refractivity contribution in [2.45, 2.75) is 10.1 Å². The summed E-state index contributed by atoms with van der Waals surface area (Å²) in [6, 6.07) is 14.6. The van der Waals surface area contributed by atoms with Crippen LogP contribution < -0.4 is 10.2 Å². The molecule has 2 aromatic carbocycles. The number of methoxy groups -OCH3 is 1. The monoisotopic (exact) mass is 517 g/mol. The van der Waals surface area contributed by atoms with E-state index in [9.17, 15) is 9.90 Å². The van der Waals surface area contributed by atoms with Crippen molar-refractivity contribution in [3.8, 4) is 11.5 Å². The Morgan fingerprint density at radius 1 is 1.35 bits per heavy atom. The van der Waals surface area contributed by atoms with Crippen molar-refractivity contribution in [1.82, 2.24) is 10.4 Å². The summed E-state index contributed by atoms with van der Waals surface area (Å²) in [7, 11) is 1.45. The van der Waals surface area contributed by atoms with E-state index in [0.717, 1.165) is 14.6 Å². The summed E-state index contributed by atoms with van der Waals surface area (Å²) in [5.41, 5.74) is 4.04. The van der Waals surface area contributed by atoms with Crippen LogP contribution in [0.5, 0.6) is 11.5 Å². The summed E-state index contributed by atoms with van der Waals surface area (Å²) in [4.78, 5) is 16.9. The lowest BCUT2D eigenvalue weighted by atomic mass is 10.2. The Hall–Kier alpha value is -2.82. The molecule has 2 heterocycles. The number of hydrogen-bond donors (Lipinski definition) is 2. The Labute approximate surface area is 194 Å². The fourth-order valence-corrected chi connectivity index (χ4v) is 5.09.